The fraction of sp³-hybridized carbons (Fsp3) is 0.0870. The lowest BCUT2D eigenvalue weighted by molar-refractivity contribution is 0.0974. The predicted molar refractivity (Wildman–Crippen MR) is 128 cm³/mol. The third kappa shape index (κ3) is 4.51. The number of carbonyl (C=O) groups is 1. The van der Waals surface area contributed by atoms with Gasteiger partial charge in [0.1, 0.15) is 17.0 Å². The Hall–Kier alpha value is -3.62. The van der Waals surface area contributed by atoms with E-state index in [-0.39, 0.29) is 22.3 Å². The Morgan fingerprint density at radius 3 is 2.75 bits per heavy atom. The second kappa shape index (κ2) is 8.86. The van der Waals surface area contributed by atoms with Crippen LogP contribution in [0.5, 0.6) is 11.5 Å². The number of phenolic OH excluding ortho intramolecular Hbond substituents is 1. The Labute approximate surface area is 194 Å². The van der Waals surface area contributed by atoms with Crippen LogP contribution in [0.3, 0.4) is 0 Å². The summed E-state index contributed by atoms with van der Waals surface area (Å²) in [4.78, 5) is 17.0. The lowest BCUT2D eigenvalue weighted by Crippen LogP contribution is -2.34. The Kier molecular flexibility index (Phi) is 5.98. The summed E-state index contributed by atoms with van der Waals surface area (Å²) in [6, 6.07) is 15.1. The number of halogens is 1. The highest BCUT2D eigenvalue weighted by molar-refractivity contribution is 7.80. The maximum atomic E-state index is 12.6. The fourth-order valence-corrected chi connectivity index (χ4v) is 3.51. The number of benzene rings is 3. The number of nitrogens with one attached hydrogen (secondary N) is 2. The topological polar surface area (TPSA) is 96.6 Å². The second-order valence-corrected chi connectivity index (χ2v) is 7.82. The van der Waals surface area contributed by atoms with Crippen molar-refractivity contribution in [2.75, 3.05) is 12.4 Å². The van der Waals surface area contributed by atoms with Crippen LogP contribution >= 0.6 is 23.8 Å². The standard InChI is InChI=1S/C23H18ClN3O4S/c1-12-3-6-17-20(9-12)31-22(26-17)15-11-14(5-7-18(15)28)25-23(32)27-21(29)16-10-13(24)4-8-19(16)30-2/h3-11,28H,1-2H3,(H2,25,27,29,32). The number of hydrogen-bond donors (Lipinski definition) is 3. The lowest BCUT2D eigenvalue weighted by Gasteiger charge is -2.12. The number of ether oxygens (including phenoxy) is 1. The lowest BCUT2D eigenvalue weighted by atomic mass is 10.1. The van der Waals surface area contributed by atoms with Gasteiger partial charge in [-0.05, 0) is 73.2 Å². The van der Waals surface area contributed by atoms with Gasteiger partial charge in [-0.3, -0.25) is 10.1 Å². The van der Waals surface area contributed by atoms with Crippen molar-refractivity contribution < 1.29 is 19.1 Å². The molecule has 3 N–H and O–H groups in total. The minimum absolute atomic E-state index is 0.00237. The number of anilines is 1. The van der Waals surface area contributed by atoms with Crippen molar-refractivity contribution in [1.29, 1.82) is 0 Å². The number of nitrogens with zero attached hydrogens (tertiary/aromatic N) is 1. The van der Waals surface area contributed by atoms with E-state index >= 15 is 0 Å². The van der Waals surface area contributed by atoms with Crippen molar-refractivity contribution in [2.24, 2.45) is 0 Å². The van der Waals surface area contributed by atoms with Gasteiger partial charge in [0.15, 0.2) is 10.7 Å². The predicted octanol–water partition coefficient (Wildman–Crippen LogP) is 5.30. The molecule has 0 fully saturated rings. The van der Waals surface area contributed by atoms with Crippen molar-refractivity contribution in [2.45, 2.75) is 6.92 Å². The number of carbonyl (C=O) groups excluding carboxylic acids is 1. The van der Waals surface area contributed by atoms with E-state index in [2.05, 4.69) is 15.6 Å². The highest BCUT2D eigenvalue weighted by Gasteiger charge is 2.16. The van der Waals surface area contributed by atoms with Crippen molar-refractivity contribution in [3.8, 4) is 23.0 Å². The number of fused-ring (bicyclic) bond motifs is 1. The van der Waals surface area contributed by atoms with Crippen LogP contribution in [0.1, 0.15) is 15.9 Å². The molecule has 0 unspecified atom stereocenters. The SMILES string of the molecule is COc1ccc(Cl)cc1C(=O)NC(=S)Nc1ccc(O)c(-c2nc3ccc(C)cc3o2)c1. The molecule has 4 aromatic rings. The quantitative estimate of drug-likeness (QED) is 0.277. The summed E-state index contributed by atoms with van der Waals surface area (Å²) in [5, 5.41) is 16.3. The highest BCUT2D eigenvalue weighted by atomic mass is 35.5. The number of aryl methyl sites for hydroxylation is 1. The summed E-state index contributed by atoms with van der Waals surface area (Å²) >= 11 is 11.3. The molecule has 7 nitrogen and oxygen atoms in total. The zero-order valence-corrected chi connectivity index (χ0v) is 18.7. The first-order valence-corrected chi connectivity index (χ1v) is 10.3. The summed E-state index contributed by atoms with van der Waals surface area (Å²) in [7, 11) is 1.46. The van der Waals surface area contributed by atoms with E-state index in [4.69, 9.17) is 33.0 Å². The zero-order chi connectivity index (χ0) is 22.8. The van der Waals surface area contributed by atoms with Gasteiger partial charge in [0.2, 0.25) is 5.89 Å². The van der Waals surface area contributed by atoms with E-state index in [0.29, 0.717) is 33.1 Å². The number of methoxy groups -OCH3 is 1. The number of hydrogen-bond acceptors (Lipinski definition) is 6. The number of thiocarbonyl (C=S) groups is 1. The summed E-state index contributed by atoms with van der Waals surface area (Å²) in [6.45, 7) is 1.96. The largest absolute Gasteiger partial charge is 0.507 e. The smallest absolute Gasteiger partial charge is 0.261 e. The maximum absolute atomic E-state index is 12.6. The molecule has 3 aromatic carbocycles. The first-order valence-electron chi connectivity index (χ1n) is 9.50. The van der Waals surface area contributed by atoms with Crippen LogP contribution < -0.4 is 15.4 Å². The molecule has 1 heterocycles. The van der Waals surface area contributed by atoms with Crippen LogP contribution in [0.15, 0.2) is 59.0 Å². The molecular weight excluding hydrogens is 450 g/mol. The van der Waals surface area contributed by atoms with Crippen LogP contribution in [0.2, 0.25) is 5.02 Å². The van der Waals surface area contributed by atoms with Gasteiger partial charge >= 0.3 is 0 Å². The molecule has 0 radical (unpaired) electrons. The molecule has 32 heavy (non-hydrogen) atoms. The van der Waals surface area contributed by atoms with E-state index in [9.17, 15) is 9.90 Å². The average Bonchev–Trinajstić information content (AvgIpc) is 3.17. The molecule has 9 heteroatoms. The van der Waals surface area contributed by atoms with Gasteiger partial charge in [0, 0.05) is 10.7 Å². The van der Waals surface area contributed by atoms with Crippen molar-refractivity contribution >= 4 is 51.6 Å². The molecule has 0 atom stereocenters. The molecular formula is C23H18ClN3O4S. The monoisotopic (exact) mass is 467 g/mol. The minimum atomic E-state index is -0.477. The summed E-state index contributed by atoms with van der Waals surface area (Å²) in [6.07, 6.45) is 0. The molecule has 0 aliphatic heterocycles. The Morgan fingerprint density at radius 1 is 1.16 bits per heavy atom. The number of aromatic hydroxyl groups is 1. The first-order chi connectivity index (χ1) is 15.3. The molecule has 1 aromatic heterocycles. The van der Waals surface area contributed by atoms with Gasteiger partial charge in [-0.2, -0.15) is 0 Å². The van der Waals surface area contributed by atoms with Gasteiger partial charge in [0.05, 0.1) is 18.2 Å². The van der Waals surface area contributed by atoms with Crippen LogP contribution in [0, 0.1) is 6.92 Å². The molecule has 162 valence electrons. The van der Waals surface area contributed by atoms with Crippen LogP contribution in [0.25, 0.3) is 22.6 Å². The van der Waals surface area contributed by atoms with Crippen LogP contribution in [-0.4, -0.2) is 28.2 Å². The summed E-state index contributed by atoms with van der Waals surface area (Å²) in [5.41, 5.74) is 3.50. The van der Waals surface area contributed by atoms with Gasteiger partial charge in [-0.1, -0.05) is 17.7 Å². The maximum Gasteiger partial charge on any atom is 0.261 e. The Bertz CT molecular complexity index is 1350. The zero-order valence-electron chi connectivity index (χ0n) is 17.1. The van der Waals surface area contributed by atoms with E-state index in [0.717, 1.165) is 5.56 Å². The van der Waals surface area contributed by atoms with Gasteiger partial charge < -0.3 is 19.6 Å². The molecule has 0 aliphatic carbocycles. The van der Waals surface area contributed by atoms with E-state index < -0.39 is 5.91 Å². The third-order valence-corrected chi connectivity index (χ3v) is 5.10. The highest BCUT2D eigenvalue weighted by Crippen LogP contribution is 2.33. The molecule has 1 amide bonds. The fourth-order valence-electron chi connectivity index (χ4n) is 3.12. The third-order valence-electron chi connectivity index (χ3n) is 4.66. The van der Waals surface area contributed by atoms with Crippen molar-refractivity contribution in [3.05, 3.63) is 70.7 Å². The average molecular weight is 468 g/mol. The van der Waals surface area contributed by atoms with E-state index in [1.807, 2.05) is 25.1 Å². The summed E-state index contributed by atoms with van der Waals surface area (Å²) in [5.74, 6) is 0.158. The normalized spacial score (nSPS) is 10.7. The second-order valence-electron chi connectivity index (χ2n) is 6.97. The Morgan fingerprint density at radius 2 is 1.97 bits per heavy atom. The molecule has 0 spiro atoms. The van der Waals surface area contributed by atoms with Crippen LogP contribution in [0.4, 0.5) is 5.69 Å². The Balaban J connectivity index is 1.54. The van der Waals surface area contributed by atoms with E-state index in [1.54, 1.807) is 24.3 Å². The number of amides is 1. The van der Waals surface area contributed by atoms with Crippen molar-refractivity contribution in [1.82, 2.24) is 10.3 Å². The van der Waals surface area contributed by atoms with Crippen LogP contribution in [-0.2, 0) is 0 Å². The number of phenols is 1. The molecule has 0 bridgehead atoms. The van der Waals surface area contributed by atoms with Gasteiger partial charge in [-0.25, -0.2) is 4.98 Å². The number of oxazole rings is 1. The molecule has 0 saturated carbocycles. The molecule has 4 rings (SSSR count). The van der Waals surface area contributed by atoms with Gasteiger partial charge in [-0.15, -0.1) is 0 Å². The van der Waals surface area contributed by atoms with E-state index in [1.165, 1.54) is 19.2 Å². The number of aromatic nitrogens is 1. The summed E-state index contributed by atoms with van der Waals surface area (Å²) < 4.78 is 11.0. The molecule has 0 aliphatic rings. The number of rotatable bonds is 4. The van der Waals surface area contributed by atoms with Crippen molar-refractivity contribution in [3.63, 3.8) is 0 Å². The first kappa shape index (κ1) is 21.6. The van der Waals surface area contributed by atoms with Gasteiger partial charge in [0.25, 0.3) is 5.91 Å². The molecule has 0 saturated heterocycles. The minimum Gasteiger partial charge on any atom is -0.507 e.